The maximum atomic E-state index is 12.5. The number of aliphatic hydroxyl groups excluding tert-OH is 2. The molecule has 0 saturated heterocycles. The number of carbonyl (C=O) groups is 1. The van der Waals surface area contributed by atoms with Gasteiger partial charge in [0, 0.05) is 49.9 Å². The topological polar surface area (TPSA) is 126 Å². The molecule has 4 rings (SSSR count). The lowest BCUT2D eigenvalue weighted by Crippen LogP contribution is -2.29. The standard InChI is InChI=1S/C36H38Cl2F3N5O4/c1-23(3-4-24(2)50-36(39,40)41)13-14-46-33-12-8-27(31(21-34(42)49)43-22-25-5-11-29(37)30(38)19-25)20-32(33)44-35(46)26-6-9-28(10-7-26)45(15-17-47)16-18-48/h3-12,19-20,31,43,47-48H,1-2,13-18,21-22H2,(H2,42,49)/b4-3-. The van der Waals surface area contributed by atoms with Gasteiger partial charge in [0.2, 0.25) is 5.91 Å². The number of imidazole rings is 1. The Morgan fingerprint density at radius 1 is 1.02 bits per heavy atom. The molecule has 14 heteroatoms. The van der Waals surface area contributed by atoms with Gasteiger partial charge in [-0.05, 0) is 72.2 Å². The summed E-state index contributed by atoms with van der Waals surface area (Å²) in [5.41, 5.74) is 10.8. The summed E-state index contributed by atoms with van der Waals surface area (Å²) in [7, 11) is 0. The molecule has 4 aromatic rings. The van der Waals surface area contributed by atoms with Crippen molar-refractivity contribution in [3.05, 3.63) is 118 Å². The van der Waals surface area contributed by atoms with Crippen LogP contribution in [0.4, 0.5) is 18.9 Å². The van der Waals surface area contributed by atoms with Gasteiger partial charge < -0.3 is 35.5 Å². The van der Waals surface area contributed by atoms with Crippen LogP contribution in [-0.4, -0.2) is 58.3 Å². The number of allylic oxidation sites excluding steroid dienone is 3. The SMILES string of the molecule is C=C(/C=C\C(=C)OC(F)(F)F)CCn1c(-c2ccc(N(CCO)CCO)cc2)nc2cc(C(CC(N)=O)NCc3ccc(Cl)c(Cl)c3)ccc21. The molecule has 0 aliphatic rings. The largest absolute Gasteiger partial charge is 0.573 e. The molecule has 0 bridgehead atoms. The zero-order chi connectivity index (χ0) is 36.4. The summed E-state index contributed by atoms with van der Waals surface area (Å²) in [4.78, 5) is 18.9. The minimum atomic E-state index is -4.84. The van der Waals surface area contributed by atoms with E-state index in [-0.39, 0.29) is 19.6 Å². The number of nitrogens with zero attached hydrogens (tertiary/aromatic N) is 3. The van der Waals surface area contributed by atoms with E-state index in [2.05, 4.69) is 23.2 Å². The number of carbonyl (C=O) groups excluding carboxylic acids is 1. The number of aliphatic hydroxyl groups is 2. The number of amides is 1. The highest BCUT2D eigenvalue weighted by molar-refractivity contribution is 6.42. The third-order valence-corrected chi connectivity index (χ3v) is 8.49. The van der Waals surface area contributed by atoms with Crippen LogP contribution in [0.15, 0.2) is 97.3 Å². The van der Waals surface area contributed by atoms with E-state index in [1.54, 1.807) is 12.1 Å². The van der Waals surface area contributed by atoms with Crippen LogP contribution in [0.5, 0.6) is 0 Å². The van der Waals surface area contributed by atoms with Gasteiger partial charge in [-0.25, -0.2) is 4.98 Å². The number of benzene rings is 3. The molecule has 50 heavy (non-hydrogen) atoms. The number of alkyl halides is 3. The number of rotatable bonds is 18. The number of fused-ring (bicyclic) bond motifs is 1. The average Bonchev–Trinajstić information content (AvgIpc) is 3.43. The lowest BCUT2D eigenvalue weighted by Gasteiger charge is -2.23. The third kappa shape index (κ3) is 10.8. The Bertz CT molecular complexity index is 1840. The number of hydrogen-bond acceptors (Lipinski definition) is 7. The Balaban J connectivity index is 1.67. The summed E-state index contributed by atoms with van der Waals surface area (Å²) in [5, 5.41) is 23.2. The third-order valence-electron chi connectivity index (χ3n) is 7.76. The summed E-state index contributed by atoms with van der Waals surface area (Å²) in [5.74, 6) is -0.430. The van der Waals surface area contributed by atoms with Crippen LogP contribution in [0.2, 0.25) is 10.0 Å². The minimum Gasteiger partial charge on any atom is -0.406 e. The molecule has 0 radical (unpaired) electrons. The van der Waals surface area contributed by atoms with E-state index in [1.165, 1.54) is 6.08 Å². The van der Waals surface area contributed by atoms with Gasteiger partial charge in [-0.2, -0.15) is 0 Å². The van der Waals surface area contributed by atoms with Crippen molar-refractivity contribution in [2.24, 2.45) is 5.73 Å². The lowest BCUT2D eigenvalue weighted by molar-refractivity contribution is -0.303. The molecular weight excluding hydrogens is 694 g/mol. The first-order chi connectivity index (χ1) is 23.8. The Morgan fingerprint density at radius 3 is 2.34 bits per heavy atom. The zero-order valence-electron chi connectivity index (χ0n) is 27.1. The van der Waals surface area contributed by atoms with Crippen LogP contribution in [0, 0.1) is 0 Å². The minimum absolute atomic E-state index is 0.0234. The van der Waals surface area contributed by atoms with Gasteiger partial charge in [-0.15, -0.1) is 13.2 Å². The van der Waals surface area contributed by atoms with Crippen LogP contribution in [-0.2, 0) is 22.6 Å². The van der Waals surface area contributed by atoms with Crippen molar-refractivity contribution >= 4 is 45.8 Å². The van der Waals surface area contributed by atoms with E-state index in [0.29, 0.717) is 59.6 Å². The first-order valence-electron chi connectivity index (χ1n) is 15.6. The van der Waals surface area contributed by atoms with Gasteiger partial charge in [-0.3, -0.25) is 4.79 Å². The molecule has 266 valence electrons. The van der Waals surface area contributed by atoms with Crippen LogP contribution < -0.4 is 16.0 Å². The molecule has 0 aliphatic carbocycles. The molecule has 5 N–H and O–H groups in total. The molecule has 0 aliphatic heterocycles. The molecule has 0 fully saturated rings. The fourth-order valence-corrected chi connectivity index (χ4v) is 5.70. The number of nitrogens with two attached hydrogens (primary N) is 1. The van der Waals surface area contributed by atoms with Crippen molar-refractivity contribution in [2.45, 2.75) is 38.3 Å². The van der Waals surface area contributed by atoms with Gasteiger partial charge in [0.1, 0.15) is 11.6 Å². The van der Waals surface area contributed by atoms with Crippen LogP contribution >= 0.6 is 23.2 Å². The second kappa shape index (κ2) is 17.6. The molecule has 1 aromatic heterocycles. The van der Waals surface area contributed by atoms with Gasteiger partial charge in [0.25, 0.3) is 0 Å². The van der Waals surface area contributed by atoms with Crippen LogP contribution in [0.1, 0.15) is 30.0 Å². The molecule has 1 atom stereocenters. The fourth-order valence-electron chi connectivity index (χ4n) is 5.37. The van der Waals surface area contributed by atoms with Crippen molar-refractivity contribution in [3.63, 3.8) is 0 Å². The quantitative estimate of drug-likeness (QED) is 0.0638. The Labute approximate surface area is 298 Å². The van der Waals surface area contributed by atoms with E-state index < -0.39 is 24.1 Å². The summed E-state index contributed by atoms with van der Waals surface area (Å²) < 4.78 is 43.4. The first kappa shape index (κ1) is 38.5. The van der Waals surface area contributed by atoms with E-state index in [9.17, 15) is 28.2 Å². The number of aryl methyl sites for hydroxylation is 1. The number of nitrogens with one attached hydrogen (secondary N) is 1. The Hall–Kier alpha value is -4.33. The molecule has 0 spiro atoms. The van der Waals surface area contributed by atoms with Crippen LogP contribution in [0.25, 0.3) is 22.4 Å². The number of hydrogen-bond donors (Lipinski definition) is 4. The molecule has 1 unspecified atom stereocenters. The fraction of sp³-hybridized carbons (Fsp3) is 0.278. The van der Waals surface area contributed by atoms with Crippen molar-refractivity contribution in [2.75, 3.05) is 31.2 Å². The first-order valence-corrected chi connectivity index (χ1v) is 16.4. The normalized spacial score (nSPS) is 12.4. The van der Waals surface area contributed by atoms with Gasteiger partial charge >= 0.3 is 6.36 Å². The monoisotopic (exact) mass is 731 g/mol. The van der Waals surface area contributed by atoms with E-state index >= 15 is 0 Å². The molecule has 9 nitrogen and oxygen atoms in total. The van der Waals surface area contributed by atoms with Crippen LogP contribution in [0.3, 0.4) is 0 Å². The van der Waals surface area contributed by atoms with Gasteiger partial charge in [0.05, 0.1) is 34.3 Å². The Morgan fingerprint density at radius 2 is 1.72 bits per heavy atom. The number of anilines is 1. The highest BCUT2D eigenvalue weighted by Gasteiger charge is 2.30. The van der Waals surface area contributed by atoms with Gasteiger partial charge in [-0.1, -0.05) is 60.1 Å². The van der Waals surface area contributed by atoms with E-state index in [4.69, 9.17) is 33.9 Å². The highest BCUT2D eigenvalue weighted by Crippen LogP contribution is 2.31. The van der Waals surface area contributed by atoms with Crippen molar-refractivity contribution in [1.29, 1.82) is 0 Å². The Kier molecular flexibility index (Phi) is 13.5. The molecule has 1 amide bonds. The van der Waals surface area contributed by atoms with E-state index in [0.717, 1.165) is 34.0 Å². The van der Waals surface area contributed by atoms with Crippen molar-refractivity contribution < 1.29 is 32.9 Å². The second-order valence-electron chi connectivity index (χ2n) is 11.4. The summed E-state index contributed by atoms with van der Waals surface area (Å²) in [6, 6.07) is 18.0. The number of primary amides is 1. The highest BCUT2D eigenvalue weighted by atomic mass is 35.5. The lowest BCUT2D eigenvalue weighted by atomic mass is 10.0. The van der Waals surface area contributed by atoms with Crippen molar-refractivity contribution in [1.82, 2.24) is 14.9 Å². The predicted molar refractivity (Wildman–Crippen MR) is 191 cm³/mol. The number of halogens is 5. The van der Waals surface area contributed by atoms with Gasteiger partial charge in [0.15, 0.2) is 0 Å². The predicted octanol–water partition coefficient (Wildman–Crippen LogP) is 7.06. The maximum Gasteiger partial charge on any atom is 0.573 e. The molecule has 0 saturated carbocycles. The smallest absolute Gasteiger partial charge is 0.406 e. The number of ether oxygens (including phenoxy) is 1. The molecule has 1 heterocycles. The summed E-state index contributed by atoms with van der Waals surface area (Å²) in [6.07, 6.45) is -1.92. The zero-order valence-corrected chi connectivity index (χ0v) is 28.6. The van der Waals surface area contributed by atoms with E-state index in [1.807, 2.05) is 58.0 Å². The second-order valence-corrected chi connectivity index (χ2v) is 12.2. The van der Waals surface area contributed by atoms with Crippen molar-refractivity contribution in [3.8, 4) is 11.4 Å². The summed E-state index contributed by atoms with van der Waals surface area (Å²) >= 11 is 12.3. The maximum absolute atomic E-state index is 12.5. The number of aromatic nitrogens is 2. The molecular formula is C36H38Cl2F3N5O4. The average molecular weight is 733 g/mol. The summed E-state index contributed by atoms with van der Waals surface area (Å²) in [6.45, 7) is 8.57. The molecule has 3 aromatic carbocycles.